The van der Waals surface area contributed by atoms with Crippen LogP contribution in [-0.4, -0.2) is 47.6 Å². The van der Waals surface area contributed by atoms with Crippen molar-refractivity contribution in [2.75, 3.05) is 29.5 Å². The fourth-order valence-electron chi connectivity index (χ4n) is 3.06. The number of morpholine rings is 1. The standard InChI is InChI=1S/C12H15NO.C11H16N4O2/c1-4-8-13(11(3)14)12-7-5-6-10(2)9-12;1-2-9-7-15(3-4-17-9)11-13-5-8(6-14-11)10(12)16/h4-9H,1-3H3;5-6,9H,2-4,7H2,1H3,(H2,12,16)/b8-4-;. The zero-order chi connectivity index (χ0) is 22.8. The molecule has 1 aliphatic heterocycles. The van der Waals surface area contributed by atoms with Gasteiger partial charge in [-0.1, -0.05) is 25.1 Å². The zero-order valence-electron chi connectivity index (χ0n) is 18.6. The van der Waals surface area contributed by atoms with E-state index in [1.54, 1.807) is 18.0 Å². The van der Waals surface area contributed by atoms with Crippen molar-refractivity contribution in [2.24, 2.45) is 5.73 Å². The van der Waals surface area contributed by atoms with E-state index in [0.717, 1.165) is 30.8 Å². The summed E-state index contributed by atoms with van der Waals surface area (Å²) in [6, 6.07) is 7.87. The molecule has 2 heterocycles. The lowest BCUT2D eigenvalue weighted by Crippen LogP contribution is -2.43. The Hall–Kier alpha value is -3.26. The van der Waals surface area contributed by atoms with Gasteiger partial charge in [-0.05, 0) is 38.0 Å². The minimum Gasteiger partial charge on any atom is -0.375 e. The molecular formula is C23H31N5O3. The first-order valence-electron chi connectivity index (χ1n) is 10.3. The summed E-state index contributed by atoms with van der Waals surface area (Å²) in [6.07, 6.45) is 7.74. The number of primary amides is 1. The van der Waals surface area contributed by atoms with Gasteiger partial charge in [0.25, 0.3) is 5.91 Å². The molecule has 1 fully saturated rings. The topological polar surface area (TPSA) is 102 Å². The highest BCUT2D eigenvalue weighted by atomic mass is 16.5. The van der Waals surface area contributed by atoms with E-state index >= 15 is 0 Å². The van der Waals surface area contributed by atoms with Gasteiger partial charge in [0, 0.05) is 44.3 Å². The highest BCUT2D eigenvalue weighted by Crippen LogP contribution is 2.16. The average Bonchev–Trinajstić information content (AvgIpc) is 2.77. The quantitative estimate of drug-likeness (QED) is 0.790. The summed E-state index contributed by atoms with van der Waals surface area (Å²) < 4.78 is 5.57. The van der Waals surface area contributed by atoms with E-state index in [9.17, 15) is 9.59 Å². The van der Waals surface area contributed by atoms with E-state index < -0.39 is 5.91 Å². The fourth-order valence-corrected chi connectivity index (χ4v) is 3.06. The Balaban J connectivity index is 0.000000225. The number of rotatable bonds is 5. The highest BCUT2D eigenvalue weighted by molar-refractivity contribution is 5.93. The number of carbonyl (C=O) groups excluding carboxylic acids is 2. The van der Waals surface area contributed by atoms with Gasteiger partial charge in [0.2, 0.25) is 11.9 Å². The maximum Gasteiger partial charge on any atom is 0.251 e. The van der Waals surface area contributed by atoms with Gasteiger partial charge < -0.3 is 15.4 Å². The molecule has 1 unspecified atom stereocenters. The molecule has 0 saturated carbocycles. The van der Waals surface area contributed by atoms with Gasteiger partial charge in [-0.3, -0.25) is 14.5 Å². The van der Waals surface area contributed by atoms with Crippen LogP contribution in [0.4, 0.5) is 11.6 Å². The van der Waals surface area contributed by atoms with Gasteiger partial charge in [0.15, 0.2) is 0 Å². The van der Waals surface area contributed by atoms with Gasteiger partial charge in [0.05, 0.1) is 18.3 Å². The lowest BCUT2D eigenvalue weighted by Gasteiger charge is -2.32. The van der Waals surface area contributed by atoms with Crippen LogP contribution in [0.3, 0.4) is 0 Å². The Morgan fingerprint density at radius 3 is 2.58 bits per heavy atom. The van der Waals surface area contributed by atoms with E-state index in [1.807, 2.05) is 44.2 Å². The van der Waals surface area contributed by atoms with Crippen molar-refractivity contribution in [3.05, 3.63) is 60.1 Å². The monoisotopic (exact) mass is 425 g/mol. The van der Waals surface area contributed by atoms with Crippen molar-refractivity contribution in [3.63, 3.8) is 0 Å². The molecule has 2 N–H and O–H groups in total. The molecule has 2 amide bonds. The Kier molecular flexibility index (Phi) is 9.14. The molecule has 1 aromatic carbocycles. The molecule has 8 heteroatoms. The Labute approximate surface area is 183 Å². The summed E-state index contributed by atoms with van der Waals surface area (Å²) in [6.45, 7) is 9.79. The van der Waals surface area contributed by atoms with Crippen molar-refractivity contribution in [3.8, 4) is 0 Å². The van der Waals surface area contributed by atoms with Crippen LogP contribution in [0, 0.1) is 6.92 Å². The average molecular weight is 426 g/mol. The molecule has 1 saturated heterocycles. The first kappa shape index (κ1) is 24.0. The normalized spacial score (nSPS) is 15.9. The molecule has 1 atom stereocenters. The smallest absolute Gasteiger partial charge is 0.251 e. The third kappa shape index (κ3) is 7.18. The minimum atomic E-state index is -0.509. The van der Waals surface area contributed by atoms with Crippen LogP contribution in [0.25, 0.3) is 0 Å². The lowest BCUT2D eigenvalue weighted by atomic mass is 10.2. The summed E-state index contributed by atoms with van der Waals surface area (Å²) in [7, 11) is 0. The number of benzene rings is 1. The van der Waals surface area contributed by atoms with Gasteiger partial charge in [-0.2, -0.15) is 0 Å². The van der Waals surface area contributed by atoms with Gasteiger partial charge in [-0.25, -0.2) is 9.97 Å². The third-order valence-electron chi connectivity index (χ3n) is 4.72. The second-order valence-corrected chi connectivity index (χ2v) is 7.19. The maximum absolute atomic E-state index is 11.3. The van der Waals surface area contributed by atoms with Crippen molar-refractivity contribution in [1.82, 2.24) is 9.97 Å². The third-order valence-corrected chi connectivity index (χ3v) is 4.72. The molecule has 166 valence electrons. The molecule has 8 nitrogen and oxygen atoms in total. The molecular weight excluding hydrogens is 394 g/mol. The number of aromatic nitrogens is 2. The number of aryl methyl sites for hydroxylation is 1. The van der Waals surface area contributed by atoms with Crippen molar-refractivity contribution in [1.29, 1.82) is 0 Å². The van der Waals surface area contributed by atoms with E-state index in [-0.39, 0.29) is 12.0 Å². The number of nitrogens with zero attached hydrogens (tertiary/aromatic N) is 4. The van der Waals surface area contributed by atoms with Crippen molar-refractivity contribution in [2.45, 2.75) is 40.2 Å². The van der Waals surface area contributed by atoms with Gasteiger partial charge >= 0.3 is 0 Å². The second-order valence-electron chi connectivity index (χ2n) is 7.19. The number of anilines is 2. The van der Waals surface area contributed by atoms with Crippen LogP contribution in [0.2, 0.25) is 0 Å². The van der Waals surface area contributed by atoms with Crippen LogP contribution in [0.15, 0.2) is 48.9 Å². The number of allylic oxidation sites excluding steroid dienone is 1. The number of carbonyl (C=O) groups is 2. The van der Waals surface area contributed by atoms with Crippen LogP contribution in [0.5, 0.6) is 0 Å². The molecule has 0 spiro atoms. The number of hydrogen-bond donors (Lipinski definition) is 1. The van der Waals surface area contributed by atoms with Crippen LogP contribution in [-0.2, 0) is 9.53 Å². The molecule has 31 heavy (non-hydrogen) atoms. The van der Waals surface area contributed by atoms with Crippen LogP contribution < -0.4 is 15.5 Å². The number of nitrogens with two attached hydrogens (primary N) is 1. The first-order valence-corrected chi connectivity index (χ1v) is 10.3. The van der Waals surface area contributed by atoms with Crippen LogP contribution in [0.1, 0.15) is 43.1 Å². The first-order chi connectivity index (χ1) is 14.8. The molecule has 0 aliphatic carbocycles. The predicted octanol–water partition coefficient (Wildman–Crippen LogP) is 3.07. The van der Waals surface area contributed by atoms with E-state index in [4.69, 9.17) is 10.5 Å². The molecule has 0 bridgehead atoms. The molecule has 1 aliphatic rings. The number of ether oxygens (including phenoxy) is 1. The zero-order valence-corrected chi connectivity index (χ0v) is 18.6. The Morgan fingerprint density at radius 1 is 1.32 bits per heavy atom. The van der Waals surface area contributed by atoms with Gasteiger partial charge in [-0.15, -0.1) is 0 Å². The summed E-state index contributed by atoms with van der Waals surface area (Å²) in [5.74, 6) is 0.135. The second kappa shape index (κ2) is 11.8. The Bertz CT molecular complexity index is 898. The van der Waals surface area contributed by atoms with E-state index in [1.165, 1.54) is 12.4 Å². The van der Waals surface area contributed by atoms with Crippen molar-refractivity contribution >= 4 is 23.5 Å². The highest BCUT2D eigenvalue weighted by Gasteiger charge is 2.20. The number of hydrogen-bond acceptors (Lipinski definition) is 6. The maximum atomic E-state index is 11.3. The van der Waals surface area contributed by atoms with Crippen LogP contribution >= 0.6 is 0 Å². The fraction of sp³-hybridized carbons (Fsp3) is 0.391. The SMILES string of the molecule is C/C=C\N(C(C)=O)c1cccc(C)c1.CCC1CN(c2ncc(C(N)=O)cn2)CCO1. The van der Waals surface area contributed by atoms with Gasteiger partial charge in [0.1, 0.15) is 0 Å². The number of amides is 2. The lowest BCUT2D eigenvalue weighted by molar-refractivity contribution is -0.116. The van der Waals surface area contributed by atoms with Crippen molar-refractivity contribution < 1.29 is 14.3 Å². The summed E-state index contributed by atoms with van der Waals surface area (Å²) in [4.78, 5) is 34.2. The minimum absolute atomic E-state index is 0.0219. The summed E-state index contributed by atoms with van der Waals surface area (Å²) in [5, 5.41) is 0. The molecule has 0 radical (unpaired) electrons. The largest absolute Gasteiger partial charge is 0.375 e. The summed E-state index contributed by atoms with van der Waals surface area (Å²) in [5.41, 5.74) is 7.52. The summed E-state index contributed by atoms with van der Waals surface area (Å²) >= 11 is 0. The predicted molar refractivity (Wildman–Crippen MR) is 122 cm³/mol. The van der Waals surface area contributed by atoms with E-state index in [0.29, 0.717) is 18.1 Å². The Morgan fingerprint density at radius 2 is 2.03 bits per heavy atom. The molecule has 1 aromatic heterocycles. The molecule has 3 rings (SSSR count). The van der Waals surface area contributed by atoms with E-state index in [2.05, 4.69) is 21.8 Å². The molecule has 2 aromatic rings.